The van der Waals surface area contributed by atoms with Crippen LogP contribution in [0, 0.1) is 0 Å². The molecule has 38 heavy (non-hydrogen) atoms. The summed E-state index contributed by atoms with van der Waals surface area (Å²) in [5.41, 5.74) is 1.51. The number of carbonyl (C=O) groups excluding carboxylic acids is 2. The molecular formula is C30H32F3N3O2. The van der Waals surface area contributed by atoms with Crippen molar-refractivity contribution in [3.63, 3.8) is 0 Å². The number of alkyl halides is 3. The lowest BCUT2D eigenvalue weighted by atomic mass is 10.1. The molecule has 200 valence electrons. The van der Waals surface area contributed by atoms with Gasteiger partial charge in [-0.2, -0.15) is 13.2 Å². The van der Waals surface area contributed by atoms with Gasteiger partial charge in [0.2, 0.25) is 5.91 Å². The van der Waals surface area contributed by atoms with Gasteiger partial charge < -0.3 is 16.0 Å². The summed E-state index contributed by atoms with van der Waals surface area (Å²) in [7, 11) is 0. The molecule has 3 aromatic rings. The molecule has 1 aliphatic carbocycles. The quantitative estimate of drug-likeness (QED) is 0.277. The number of halogens is 3. The van der Waals surface area contributed by atoms with Crippen LogP contribution in [0.4, 0.5) is 13.2 Å². The Kier molecular flexibility index (Phi) is 9.18. The van der Waals surface area contributed by atoms with Gasteiger partial charge >= 0.3 is 6.18 Å². The molecule has 3 atom stereocenters. The zero-order chi connectivity index (χ0) is 27.0. The van der Waals surface area contributed by atoms with Crippen LogP contribution >= 0.6 is 0 Å². The molecule has 0 bridgehead atoms. The van der Waals surface area contributed by atoms with Gasteiger partial charge in [-0.25, -0.2) is 0 Å². The highest BCUT2D eigenvalue weighted by atomic mass is 19.4. The molecule has 0 saturated heterocycles. The third-order valence-electron chi connectivity index (χ3n) is 6.75. The van der Waals surface area contributed by atoms with Crippen molar-refractivity contribution in [2.45, 2.75) is 56.4 Å². The first-order valence-corrected chi connectivity index (χ1v) is 12.9. The van der Waals surface area contributed by atoms with Crippen molar-refractivity contribution in [3.05, 3.63) is 107 Å². The van der Waals surface area contributed by atoms with Gasteiger partial charge in [0.15, 0.2) is 0 Å². The van der Waals surface area contributed by atoms with Gasteiger partial charge in [0.1, 0.15) is 6.04 Å². The third kappa shape index (κ3) is 7.92. The van der Waals surface area contributed by atoms with E-state index in [9.17, 15) is 22.8 Å². The maximum Gasteiger partial charge on any atom is 0.416 e. The molecule has 0 radical (unpaired) electrons. The normalized spacial score (nSPS) is 17.4. The monoisotopic (exact) mass is 523 g/mol. The van der Waals surface area contributed by atoms with E-state index >= 15 is 0 Å². The predicted molar refractivity (Wildman–Crippen MR) is 140 cm³/mol. The standard InChI is InChI=1S/C30H32F3N3O2/c31-30(32,33)24-16-14-23(15-17-24)28(37)36-26(29(38)35-20-21-9-3-1-4-10-21)13-7-8-18-34-27-19-25(27)22-11-5-2-6-12-22/h1-6,9-12,14-17,25-27,34H,7-8,13,18-20H2,(H,35,38)(H,36,37)/t25-,26-,27+/m0/s1. The second kappa shape index (κ2) is 12.7. The van der Waals surface area contributed by atoms with Crippen LogP contribution in [0.15, 0.2) is 84.9 Å². The van der Waals surface area contributed by atoms with Gasteiger partial charge in [0, 0.05) is 24.1 Å². The van der Waals surface area contributed by atoms with Gasteiger partial charge in [-0.3, -0.25) is 9.59 Å². The highest BCUT2D eigenvalue weighted by Gasteiger charge is 2.37. The summed E-state index contributed by atoms with van der Waals surface area (Å²) in [5, 5.41) is 9.13. The number of amides is 2. The van der Waals surface area contributed by atoms with Crippen LogP contribution in [0.25, 0.3) is 0 Å². The number of unbranched alkanes of at least 4 members (excludes halogenated alkanes) is 1. The van der Waals surface area contributed by atoms with Crippen molar-refractivity contribution in [1.82, 2.24) is 16.0 Å². The Morgan fingerprint density at radius 3 is 2.18 bits per heavy atom. The SMILES string of the molecule is O=C(N[C@@H](CCCCN[C@@H]1C[C@H]1c1ccccc1)C(=O)NCc1ccccc1)c1ccc(C(F)(F)F)cc1. The highest BCUT2D eigenvalue weighted by molar-refractivity contribution is 5.97. The summed E-state index contributed by atoms with van der Waals surface area (Å²) in [6.45, 7) is 1.12. The van der Waals surface area contributed by atoms with Gasteiger partial charge in [0.25, 0.3) is 5.91 Å². The van der Waals surface area contributed by atoms with Gasteiger partial charge in [-0.15, -0.1) is 0 Å². The maximum atomic E-state index is 13.0. The van der Waals surface area contributed by atoms with Crippen LogP contribution in [0.1, 0.15) is 58.6 Å². The van der Waals surface area contributed by atoms with Crippen molar-refractivity contribution in [2.24, 2.45) is 0 Å². The molecule has 0 spiro atoms. The molecule has 3 N–H and O–H groups in total. The lowest BCUT2D eigenvalue weighted by Crippen LogP contribution is -2.46. The molecule has 8 heteroatoms. The van der Waals surface area contributed by atoms with Crippen molar-refractivity contribution in [1.29, 1.82) is 0 Å². The molecular weight excluding hydrogens is 491 g/mol. The minimum atomic E-state index is -4.48. The molecule has 1 aliphatic rings. The molecule has 0 aromatic heterocycles. The first kappa shape index (κ1) is 27.4. The fourth-order valence-electron chi connectivity index (χ4n) is 4.48. The zero-order valence-electron chi connectivity index (χ0n) is 21.0. The molecule has 0 unspecified atom stereocenters. The maximum absolute atomic E-state index is 13.0. The van der Waals surface area contributed by atoms with Gasteiger partial charge in [-0.05, 0) is 67.6 Å². The van der Waals surface area contributed by atoms with E-state index in [1.165, 1.54) is 5.56 Å². The third-order valence-corrected chi connectivity index (χ3v) is 6.75. The van der Waals surface area contributed by atoms with E-state index in [4.69, 9.17) is 0 Å². The number of hydrogen-bond donors (Lipinski definition) is 3. The first-order chi connectivity index (χ1) is 18.3. The highest BCUT2D eigenvalue weighted by Crippen LogP contribution is 2.40. The number of nitrogens with one attached hydrogen (secondary N) is 3. The summed E-state index contributed by atoms with van der Waals surface area (Å²) < 4.78 is 38.6. The Morgan fingerprint density at radius 2 is 1.53 bits per heavy atom. The Balaban J connectivity index is 1.28. The van der Waals surface area contributed by atoms with Crippen molar-refractivity contribution < 1.29 is 22.8 Å². The summed E-state index contributed by atoms with van der Waals surface area (Å²) in [6, 6.07) is 23.5. The average molecular weight is 524 g/mol. The van der Waals surface area contributed by atoms with Crippen LogP contribution in [0.2, 0.25) is 0 Å². The minimum Gasteiger partial charge on any atom is -0.350 e. The minimum absolute atomic E-state index is 0.0706. The van der Waals surface area contributed by atoms with Crippen LogP contribution < -0.4 is 16.0 Å². The molecule has 1 fully saturated rings. The molecule has 3 aromatic carbocycles. The van der Waals surface area contributed by atoms with E-state index in [1.54, 1.807) is 0 Å². The van der Waals surface area contributed by atoms with Crippen LogP contribution in [-0.2, 0) is 17.5 Å². The Bertz CT molecular complexity index is 1180. The van der Waals surface area contributed by atoms with E-state index < -0.39 is 23.7 Å². The molecule has 2 amide bonds. The van der Waals surface area contributed by atoms with Gasteiger partial charge in [-0.1, -0.05) is 60.7 Å². The van der Waals surface area contributed by atoms with Gasteiger partial charge in [0.05, 0.1) is 5.56 Å². The number of benzene rings is 3. The second-order valence-electron chi connectivity index (χ2n) is 9.61. The largest absolute Gasteiger partial charge is 0.416 e. The second-order valence-corrected chi connectivity index (χ2v) is 9.61. The van der Waals surface area contributed by atoms with E-state index in [-0.39, 0.29) is 11.5 Å². The first-order valence-electron chi connectivity index (χ1n) is 12.9. The van der Waals surface area contributed by atoms with E-state index in [1.807, 2.05) is 48.5 Å². The van der Waals surface area contributed by atoms with Crippen LogP contribution in [-0.4, -0.2) is 30.4 Å². The van der Waals surface area contributed by atoms with Crippen molar-refractivity contribution in [3.8, 4) is 0 Å². The molecule has 0 aliphatic heterocycles. The fourth-order valence-corrected chi connectivity index (χ4v) is 4.48. The number of hydrogen-bond acceptors (Lipinski definition) is 3. The lowest BCUT2D eigenvalue weighted by molar-refractivity contribution is -0.137. The summed E-state index contributed by atoms with van der Waals surface area (Å²) in [6.07, 6.45) is -1.42. The van der Waals surface area contributed by atoms with Crippen LogP contribution in [0.5, 0.6) is 0 Å². The van der Waals surface area contributed by atoms with Crippen molar-refractivity contribution in [2.75, 3.05) is 6.54 Å². The fraction of sp³-hybridized carbons (Fsp3) is 0.333. The zero-order valence-corrected chi connectivity index (χ0v) is 21.0. The van der Waals surface area contributed by atoms with E-state index in [0.717, 1.165) is 49.2 Å². The summed E-state index contributed by atoms with van der Waals surface area (Å²) >= 11 is 0. The summed E-state index contributed by atoms with van der Waals surface area (Å²) in [5.74, 6) is -0.371. The average Bonchev–Trinajstić information content (AvgIpc) is 3.71. The topological polar surface area (TPSA) is 70.2 Å². The predicted octanol–water partition coefficient (Wildman–Crippen LogP) is 5.44. The Morgan fingerprint density at radius 1 is 0.868 bits per heavy atom. The van der Waals surface area contributed by atoms with Crippen molar-refractivity contribution >= 4 is 11.8 Å². The number of rotatable bonds is 12. The Hall–Kier alpha value is -3.65. The molecule has 4 rings (SSSR count). The smallest absolute Gasteiger partial charge is 0.350 e. The van der Waals surface area contributed by atoms with E-state index in [0.29, 0.717) is 31.3 Å². The Labute approximate surface area is 220 Å². The molecule has 5 nitrogen and oxygen atoms in total. The lowest BCUT2D eigenvalue weighted by Gasteiger charge is -2.19. The molecule has 1 saturated carbocycles. The molecule has 0 heterocycles. The number of carbonyl (C=O) groups is 2. The van der Waals surface area contributed by atoms with Crippen LogP contribution in [0.3, 0.4) is 0 Å². The summed E-state index contributed by atoms with van der Waals surface area (Å²) in [4.78, 5) is 25.7. The van der Waals surface area contributed by atoms with E-state index in [2.05, 4.69) is 28.1 Å².